The Bertz CT molecular complexity index is 2220. The molecule has 4 atom stereocenters. The second kappa shape index (κ2) is 15.9. The number of nitrogens with one attached hydrogen (secondary N) is 2. The molecule has 2 N–H and O–H groups in total. The number of aryl methyl sites for hydroxylation is 2. The largest absolute Gasteiger partial charge is 0.444 e. The van der Waals surface area contributed by atoms with Crippen molar-refractivity contribution in [1.29, 1.82) is 0 Å². The molecule has 2 saturated heterocycles. The van der Waals surface area contributed by atoms with Crippen molar-refractivity contribution in [3.63, 3.8) is 0 Å². The van der Waals surface area contributed by atoms with Crippen molar-refractivity contribution in [1.82, 2.24) is 29.6 Å². The number of nitrogens with zero attached hydrogens (tertiary/aromatic N) is 4. The molecule has 0 aliphatic carbocycles. The third-order valence-corrected chi connectivity index (χ3v) is 12.1. The van der Waals surface area contributed by atoms with Gasteiger partial charge in [0.15, 0.2) is 0 Å². The maximum atomic E-state index is 15.1. The standard InChI is InChI=1S/C46H56F2N6O6/c1-45(2,3)59-43(57)49-35-13-7-8-14-36(50-44(58)60-46(4,5)6)42(56)52-20-10-12-30(52)26-34-32-18-16-28(48)24-38(32)54-22-21-53-37-23-27(47)15-17-31(37)33(39(53)40(34)54)25-29-11-9-19-51(29)41(35)55/h7-8,15-18,23-24,29-30,35-36H,9-14,19-22,25-26H2,1-6H3,(H,49,57)(H,50,58)/b8-7+/t29-,30-,35-,36?/m0/s1. The van der Waals surface area contributed by atoms with E-state index in [1.807, 2.05) is 21.9 Å². The molecule has 60 heavy (non-hydrogen) atoms. The first-order valence-corrected chi connectivity index (χ1v) is 21.3. The Morgan fingerprint density at radius 2 is 1.03 bits per heavy atom. The summed E-state index contributed by atoms with van der Waals surface area (Å²) < 4.78 is 45.8. The average Bonchev–Trinajstić information content (AvgIpc) is 3.95. The lowest BCUT2D eigenvalue weighted by molar-refractivity contribution is -0.135. The van der Waals surface area contributed by atoms with Crippen molar-refractivity contribution < 1.29 is 37.4 Å². The van der Waals surface area contributed by atoms with Crippen LogP contribution >= 0.6 is 0 Å². The lowest BCUT2D eigenvalue weighted by atomic mass is 9.94. The molecule has 0 radical (unpaired) electrons. The zero-order chi connectivity index (χ0) is 42.7. The number of amides is 4. The summed E-state index contributed by atoms with van der Waals surface area (Å²) in [7, 11) is 0. The van der Waals surface area contributed by atoms with E-state index in [0.717, 1.165) is 70.0 Å². The highest BCUT2D eigenvalue weighted by Crippen LogP contribution is 2.45. The van der Waals surface area contributed by atoms with Gasteiger partial charge < -0.3 is 39.0 Å². The van der Waals surface area contributed by atoms with Crippen molar-refractivity contribution in [2.75, 3.05) is 13.1 Å². The van der Waals surface area contributed by atoms with Crippen LogP contribution in [-0.2, 0) is 45.0 Å². The van der Waals surface area contributed by atoms with Gasteiger partial charge in [0, 0.05) is 49.0 Å². The highest BCUT2D eigenvalue weighted by Gasteiger charge is 2.40. The fourth-order valence-corrected chi connectivity index (χ4v) is 9.76. The Kier molecular flexibility index (Phi) is 10.9. The number of aromatic nitrogens is 2. The summed E-state index contributed by atoms with van der Waals surface area (Å²) in [5, 5.41) is 7.42. The van der Waals surface area contributed by atoms with Gasteiger partial charge in [-0.1, -0.05) is 12.2 Å². The average molecular weight is 827 g/mol. The molecule has 0 saturated carbocycles. The van der Waals surface area contributed by atoms with Gasteiger partial charge in [-0.15, -0.1) is 0 Å². The van der Waals surface area contributed by atoms with Gasteiger partial charge in [-0.2, -0.15) is 0 Å². The van der Waals surface area contributed by atoms with Crippen LogP contribution in [0.1, 0.15) is 91.2 Å². The Morgan fingerprint density at radius 3 is 1.42 bits per heavy atom. The van der Waals surface area contributed by atoms with E-state index in [4.69, 9.17) is 9.47 Å². The van der Waals surface area contributed by atoms with Crippen LogP contribution in [0.15, 0.2) is 48.6 Å². The first kappa shape index (κ1) is 41.3. The van der Waals surface area contributed by atoms with E-state index in [2.05, 4.69) is 19.8 Å². The van der Waals surface area contributed by atoms with Gasteiger partial charge in [-0.25, -0.2) is 18.4 Å². The quantitative estimate of drug-likeness (QED) is 0.199. The van der Waals surface area contributed by atoms with Gasteiger partial charge in [0.1, 0.15) is 34.9 Å². The van der Waals surface area contributed by atoms with Gasteiger partial charge >= 0.3 is 12.2 Å². The van der Waals surface area contributed by atoms with Crippen molar-refractivity contribution in [3.8, 4) is 11.4 Å². The Balaban J connectivity index is 1.29. The van der Waals surface area contributed by atoms with Crippen LogP contribution in [0, 0.1) is 11.6 Å². The van der Waals surface area contributed by atoms with Crippen LogP contribution in [0.25, 0.3) is 33.2 Å². The van der Waals surface area contributed by atoms with Crippen LogP contribution < -0.4 is 10.6 Å². The van der Waals surface area contributed by atoms with Gasteiger partial charge in [-0.05, 0) is 140 Å². The normalized spacial score (nSPS) is 23.1. The van der Waals surface area contributed by atoms with Crippen LogP contribution in [0.3, 0.4) is 0 Å². The number of fused-ring (bicyclic) bond motifs is 8. The maximum Gasteiger partial charge on any atom is 0.408 e. The zero-order valence-corrected chi connectivity index (χ0v) is 35.4. The minimum Gasteiger partial charge on any atom is -0.444 e. The number of carbonyl (C=O) groups is 4. The highest BCUT2D eigenvalue weighted by atomic mass is 19.1. The number of rotatable bonds is 2. The van der Waals surface area contributed by atoms with Crippen LogP contribution in [0.2, 0.25) is 0 Å². The smallest absolute Gasteiger partial charge is 0.408 e. The minimum absolute atomic E-state index is 0.116. The second-order valence-electron chi connectivity index (χ2n) is 18.7. The van der Waals surface area contributed by atoms with Crippen molar-refractivity contribution >= 4 is 45.8 Å². The molecular formula is C46H56F2N6O6. The number of carbonyl (C=O) groups excluding carboxylic acids is 4. The van der Waals surface area contributed by atoms with E-state index in [9.17, 15) is 19.2 Å². The predicted octanol–water partition coefficient (Wildman–Crippen LogP) is 7.76. The fraction of sp³-hybridized carbons (Fsp3) is 0.522. The summed E-state index contributed by atoms with van der Waals surface area (Å²) in [6, 6.07) is 7.28. The summed E-state index contributed by atoms with van der Waals surface area (Å²) in [5.41, 5.74) is 3.65. The number of hydrogen-bond donors (Lipinski definition) is 2. The molecule has 8 rings (SSSR count). The molecule has 4 amide bonds. The molecule has 4 aliphatic rings. The molecule has 2 aromatic heterocycles. The first-order chi connectivity index (χ1) is 28.5. The zero-order valence-electron chi connectivity index (χ0n) is 35.4. The Morgan fingerprint density at radius 1 is 0.633 bits per heavy atom. The minimum atomic E-state index is -0.982. The monoisotopic (exact) mass is 826 g/mol. The molecule has 4 aromatic rings. The Labute approximate surface area is 349 Å². The molecule has 320 valence electrons. The predicted molar refractivity (Wildman–Crippen MR) is 224 cm³/mol. The van der Waals surface area contributed by atoms with Crippen molar-refractivity contribution in [2.45, 2.75) is 141 Å². The number of ether oxygens (including phenoxy) is 2. The Hall–Kier alpha value is -5.40. The first-order valence-electron chi connectivity index (χ1n) is 21.3. The van der Waals surface area contributed by atoms with Crippen LogP contribution in [0.4, 0.5) is 18.4 Å². The number of benzene rings is 2. The molecule has 2 fully saturated rings. The molecule has 6 heterocycles. The van der Waals surface area contributed by atoms with Gasteiger partial charge in [0.2, 0.25) is 11.8 Å². The SMILES string of the molecule is CC(C)(C)OC(=O)NC1C/C=C/C[C@H](NC(=O)OC(C)(C)C)C(=O)N2CCC[C@H]2Cc2c3n(c4cc(F)ccc24)CCn2c-3c(c3ccc(F)cc32)C[C@@H]2CCCN2C1=O. The third kappa shape index (κ3) is 8.21. The van der Waals surface area contributed by atoms with E-state index in [1.165, 1.54) is 12.1 Å². The third-order valence-electron chi connectivity index (χ3n) is 12.1. The van der Waals surface area contributed by atoms with E-state index in [-0.39, 0.29) is 48.4 Å². The topological polar surface area (TPSA) is 127 Å². The summed E-state index contributed by atoms with van der Waals surface area (Å²) in [4.78, 5) is 59.5. The lowest BCUT2D eigenvalue weighted by Gasteiger charge is -2.31. The molecule has 0 bridgehead atoms. The number of halogens is 2. The molecule has 12 nitrogen and oxygen atoms in total. The second-order valence-corrected chi connectivity index (χ2v) is 18.7. The molecule has 4 aliphatic heterocycles. The van der Waals surface area contributed by atoms with Crippen LogP contribution in [-0.4, -0.2) is 91.4 Å². The number of alkyl carbamates (subject to hydrolysis) is 2. The van der Waals surface area contributed by atoms with Crippen molar-refractivity contribution in [3.05, 3.63) is 71.3 Å². The highest BCUT2D eigenvalue weighted by molar-refractivity contribution is 5.98. The summed E-state index contributed by atoms with van der Waals surface area (Å²) in [5.74, 6) is -1.24. The fourth-order valence-electron chi connectivity index (χ4n) is 9.76. The molecule has 0 spiro atoms. The molecule has 14 heteroatoms. The van der Waals surface area contributed by atoms with E-state index >= 15 is 8.78 Å². The van der Waals surface area contributed by atoms with Crippen LogP contribution in [0.5, 0.6) is 0 Å². The molecule has 1 unspecified atom stereocenters. The van der Waals surface area contributed by atoms with E-state index < -0.39 is 35.5 Å². The van der Waals surface area contributed by atoms with Gasteiger partial charge in [-0.3, -0.25) is 9.59 Å². The number of hydrogen-bond acceptors (Lipinski definition) is 6. The lowest BCUT2D eigenvalue weighted by Crippen LogP contribution is -2.51. The van der Waals surface area contributed by atoms with Gasteiger partial charge in [0.05, 0.1) is 22.4 Å². The van der Waals surface area contributed by atoms with Crippen molar-refractivity contribution in [2.24, 2.45) is 0 Å². The summed E-state index contributed by atoms with van der Waals surface area (Å²) in [6.07, 6.45) is 6.25. The summed E-state index contributed by atoms with van der Waals surface area (Å²) >= 11 is 0. The van der Waals surface area contributed by atoms with E-state index in [1.54, 1.807) is 65.8 Å². The summed E-state index contributed by atoms with van der Waals surface area (Å²) in [6.45, 7) is 12.5. The molecular weight excluding hydrogens is 771 g/mol. The maximum absolute atomic E-state index is 15.1. The van der Waals surface area contributed by atoms with Gasteiger partial charge in [0.25, 0.3) is 0 Å². The van der Waals surface area contributed by atoms with E-state index in [0.29, 0.717) is 39.0 Å². The molecule has 2 aromatic carbocycles.